The summed E-state index contributed by atoms with van der Waals surface area (Å²) in [5.41, 5.74) is 2.41. The van der Waals surface area contributed by atoms with Crippen LogP contribution >= 0.6 is 0 Å². The number of nitrogens with one attached hydrogen (secondary N) is 1. The van der Waals surface area contributed by atoms with Crippen LogP contribution in [0.15, 0.2) is 24.3 Å². The second-order valence-corrected chi connectivity index (χ2v) is 5.45. The first-order valence-corrected chi connectivity index (χ1v) is 6.53. The van der Waals surface area contributed by atoms with Gasteiger partial charge in [0.1, 0.15) is 5.84 Å². The molecule has 1 aromatic rings. The van der Waals surface area contributed by atoms with E-state index >= 15 is 0 Å². The van der Waals surface area contributed by atoms with Crippen molar-refractivity contribution >= 4 is 5.84 Å². The number of benzene rings is 1. The van der Waals surface area contributed by atoms with Gasteiger partial charge in [-0.25, -0.2) is 0 Å². The average molecular weight is 230 g/mol. The van der Waals surface area contributed by atoms with Crippen LogP contribution in [-0.4, -0.2) is 16.8 Å². The van der Waals surface area contributed by atoms with Crippen molar-refractivity contribution in [2.24, 2.45) is 5.92 Å². The Balaban J connectivity index is 2.04. The Bertz CT molecular complexity index is 409. The number of fused-ring (bicyclic) bond motifs is 1. The molecule has 17 heavy (non-hydrogen) atoms. The fourth-order valence-corrected chi connectivity index (χ4v) is 2.41. The summed E-state index contributed by atoms with van der Waals surface area (Å²) >= 11 is 0. The van der Waals surface area contributed by atoms with Gasteiger partial charge in [0.2, 0.25) is 0 Å². The van der Waals surface area contributed by atoms with Gasteiger partial charge in [-0.1, -0.05) is 38.1 Å². The monoisotopic (exact) mass is 230 g/mol. The van der Waals surface area contributed by atoms with E-state index in [1.165, 1.54) is 18.4 Å². The second-order valence-electron chi connectivity index (χ2n) is 5.45. The number of rotatable bonds is 4. The first-order chi connectivity index (χ1) is 8.09. The van der Waals surface area contributed by atoms with Crippen molar-refractivity contribution in [2.75, 3.05) is 0 Å². The Labute approximate surface area is 104 Å². The highest BCUT2D eigenvalue weighted by Crippen LogP contribution is 2.26. The predicted octanol–water partition coefficient (Wildman–Crippen LogP) is 3.65. The van der Waals surface area contributed by atoms with Crippen molar-refractivity contribution in [2.45, 2.75) is 46.2 Å². The summed E-state index contributed by atoms with van der Waals surface area (Å²) < 4.78 is 0. The van der Waals surface area contributed by atoms with E-state index in [-0.39, 0.29) is 0 Å². The minimum absolute atomic E-state index is 0.470. The highest BCUT2D eigenvalue weighted by molar-refractivity contribution is 6.00. The maximum Gasteiger partial charge on any atom is 0.128 e. The van der Waals surface area contributed by atoms with Gasteiger partial charge in [0.25, 0.3) is 0 Å². The van der Waals surface area contributed by atoms with Crippen LogP contribution in [0.25, 0.3) is 0 Å². The molecule has 1 atom stereocenters. The van der Waals surface area contributed by atoms with Crippen molar-refractivity contribution in [3.05, 3.63) is 35.4 Å². The summed E-state index contributed by atoms with van der Waals surface area (Å²) in [4.78, 5) is 2.23. The summed E-state index contributed by atoms with van der Waals surface area (Å²) in [6.45, 7) is 7.67. The maximum absolute atomic E-state index is 8.23. The van der Waals surface area contributed by atoms with E-state index in [1.807, 2.05) is 6.07 Å². The Hall–Kier alpha value is -1.31. The lowest BCUT2D eigenvalue weighted by atomic mass is 10.0. The molecular formula is C15H22N2. The zero-order chi connectivity index (χ0) is 12.4. The molecule has 0 aromatic heterocycles. The predicted molar refractivity (Wildman–Crippen MR) is 72.3 cm³/mol. The van der Waals surface area contributed by atoms with Crippen LogP contribution in [0.1, 0.15) is 44.7 Å². The normalized spacial score (nSPS) is 16.5. The van der Waals surface area contributed by atoms with Gasteiger partial charge >= 0.3 is 0 Å². The molecule has 0 fully saturated rings. The van der Waals surface area contributed by atoms with E-state index in [0.717, 1.165) is 18.0 Å². The highest BCUT2D eigenvalue weighted by Gasteiger charge is 2.26. The summed E-state index contributed by atoms with van der Waals surface area (Å²) in [6, 6.07) is 8.76. The molecule has 1 aromatic carbocycles. The van der Waals surface area contributed by atoms with Crippen molar-refractivity contribution in [1.82, 2.24) is 4.90 Å². The van der Waals surface area contributed by atoms with Gasteiger partial charge in [-0.15, -0.1) is 0 Å². The van der Waals surface area contributed by atoms with Crippen LogP contribution in [0.4, 0.5) is 0 Å². The SMILES string of the molecule is CC(C)CCC(C)N1Cc2ccccc2C1=N. The van der Waals surface area contributed by atoms with Crippen LogP contribution < -0.4 is 0 Å². The third-order valence-electron chi connectivity index (χ3n) is 3.59. The summed E-state index contributed by atoms with van der Waals surface area (Å²) in [5, 5.41) is 8.23. The van der Waals surface area contributed by atoms with Gasteiger partial charge in [0.05, 0.1) is 0 Å². The smallest absolute Gasteiger partial charge is 0.128 e. The van der Waals surface area contributed by atoms with E-state index < -0.39 is 0 Å². The number of hydrogen-bond donors (Lipinski definition) is 1. The average Bonchev–Trinajstić information content (AvgIpc) is 2.64. The Kier molecular flexibility index (Phi) is 3.51. The molecule has 1 aliphatic heterocycles. The van der Waals surface area contributed by atoms with Crippen LogP contribution in [-0.2, 0) is 6.54 Å². The molecule has 0 saturated heterocycles. The quantitative estimate of drug-likeness (QED) is 0.839. The molecule has 0 amide bonds. The first kappa shape index (κ1) is 12.2. The molecule has 1 N–H and O–H groups in total. The largest absolute Gasteiger partial charge is 0.350 e. The maximum atomic E-state index is 8.23. The van der Waals surface area contributed by atoms with Crippen molar-refractivity contribution in [1.29, 1.82) is 5.41 Å². The molecule has 0 saturated carbocycles. The topological polar surface area (TPSA) is 27.1 Å². The molecule has 2 heteroatoms. The van der Waals surface area contributed by atoms with Gasteiger partial charge < -0.3 is 4.90 Å². The zero-order valence-electron chi connectivity index (χ0n) is 11.0. The van der Waals surface area contributed by atoms with E-state index in [0.29, 0.717) is 11.9 Å². The van der Waals surface area contributed by atoms with Crippen LogP contribution in [0, 0.1) is 11.3 Å². The van der Waals surface area contributed by atoms with Crippen molar-refractivity contribution in [3.8, 4) is 0 Å². The summed E-state index contributed by atoms with van der Waals surface area (Å²) in [7, 11) is 0. The van der Waals surface area contributed by atoms with E-state index in [1.54, 1.807) is 0 Å². The van der Waals surface area contributed by atoms with Crippen LogP contribution in [0.2, 0.25) is 0 Å². The fraction of sp³-hybridized carbons (Fsp3) is 0.533. The standard InChI is InChI=1S/C15H22N2/c1-11(2)8-9-12(3)17-10-13-6-4-5-7-14(13)15(17)16/h4-7,11-12,16H,8-10H2,1-3H3. The van der Waals surface area contributed by atoms with Gasteiger partial charge in [0, 0.05) is 18.2 Å². The molecule has 1 heterocycles. The van der Waals surface area contributed by atoms with E-state index in [9.17, 15) is 0 Å². The molecule has 92 valence electrons. The molecule has 2 rings (SSSR count). The number of hydrogen-bond acceptors (Lipinski definition) is 1. The Morgan fingerprint density at radius 1 is 1.18 bits per heavy atom. The lowest BCUT2D eigenvalue weighted by molar-refractivity contribution is 0.301. The first-order valence-electron chi connectivity index (χ1n) is 6.53. The number of nitrogens with zero attached hydrogens (tertiary/aromatic N) is 1. The molecule has 0 spiro atoms. The Morgan fingerprint density at radius 2 is 1.88 bits per heavy atom. The van der Waals surface area contributed by atoms with Crippen molar-refractivity contribution < 1.29 is 0 Å². The third-order valence-corrected chi connectivity index (χ3v) is 3.59. The molecule has 0 bridgehead atoms. The molecule has 2 nitrogen and oxygen atoms in total. The molecule has 0 radical (unpaired) electrons. The fourth-order valence-electron chi connectivity index (χ4n) is 2.41. The third kappa shape index (κ3) is 2.51. The lowest BCUT2D eigenvalue weighted by Crippen LogP contribution is -2.33. The van der Waals surface area contributed by atoms with E-state index in [4.69, 9.17) is 5.41 Å². The zero-order valence-corrected chi connectivity index (χ0v) is 11.0. The van der Waals surface area contributed by atoms with E-state index in [2.05, 4.69) is 43.9 Å². The van der Waals surface area contributed by atoms with Crippen molar-refractivity contribution in [3.63, 3.8) is 0 Å². The molecule has 1 unspecified atom stereocenters. The summed E-state index contributed by atoms with van der Waals surface area (Å²) in [5.74, 6) is 1.45. The minimum Gasteiger partial charge on any atom is -0.350 e. The summed E-state index contributed by atoms with van der Waals surface area (Å²) in [6.07, 6.45) is 2.41. The highest BCUT2D eigenvalue weighted by atomic mass is 15.2. The number of amidine groups is 1. The van der Waals surface area contributed by atoms with Gasteiger partial charge in [-0.2, -0.15) is 0 Å². The lowest BCUT2D eigenvalue weighted by Gasteiger charge is -2.26. The van der Waals surface area contributed by atoms with Crippen LogP contribution in [0.3, 0.4) is 0 Å². The van der Waals surface area contributed by atoms with Gasteiger partial charge in [0.15, 0.2) is 0 Å². The van der Waals surface area contributed by atoms with Gasteiger partial charge in [-0.05, 0) is 31.2 Å². The molecule has 1 aliphatic rings. The second kappa shape index (κ2) is 4.91. The minimum atomic E-state index is 0.470. The molecular weight excluding hydrogens is 208 g/mol. The van der Waals surface area contributed by atoms with Gasteiger partial charge in [-0.3, -0.25) is 5.41 Å². The molecule has 0 aliphatic carbocycles. The van der Waals surface area contributed by atoms with Crippen LogP contribution in [0.5, 0.6) is 0 Å². The Morgan fingerprint density at radius 3 is 2.53 bits per heavy atom.